The number of carbonyl (C=O) groups is 1. The summed E-state index contributed by atoms with van der Waals surface area (Å²) >= 11 is 1.43. The highest BCUT2D eigenvalue weighted by molar-refractivity contribution is 7.15. The van der Waals surface area contributed by atoms with Gasteiger partial charge in [-0.25, -0.2) is 4.98 Å². The fraction of sp³-hybridized carbons (Fsp3) is 0.333. The molecule has 7 nitrogen and oxygen atoms in total. The molecule has 0 bridgehead atoms. The van der Waals surface area contributed by atoms with Crippen LogP contribution in [0.4, 0.5) is 5.13 Å². The number of hydrogen-bond donors (Lipinski definition) is 1. The molecule has 0 saturated carbocycles. The highest BCUT2D eigenvalue weighted by Gasteiger charge is 2.17. The first kappa shape index (κ1) is 20.7. The van der Waals surface area contributed by atoms with E-state index in [1.165, 1.54) is 11.3 Å². The Morgan fingerprint density at radius 1 is 1.10 bits per heavy atom. The lowest BCUT2D eigenvalue weighted by atomic mass is 10.1. The van der Waals surface area contributed by atoms with Crippen LogP contribution in [0.3, 0.4) is 0 Å². The summed E-state index contributed by atoms with van der Waals surface area (Å²) < 4.78 is 21.8. The van der Waals surface area contributed by atoms with Gasteiger partial charge in [0.25, 0.3) is 0 Å². The van der Waals surface area contributed by atoms with Crippen LogP contribution in [-0.4, -0.2) is 32.2 Å². The first-order valence-corrected chi connectivity index (χ1v) is 9.93. The third-order valence-corrected chi connectivity index (χ3v) is 5.26. The van der Waals surface area contributed by atoms with Crippen molar-refractivity contribution in [2.45, 2.75) is 26.2 Å². The number of nitrogens with one attached hydrogen (secondary N) is 1. The van der Waals surface area contributed by atoms with Crippen LogP contribution in [0.2, 0.25) is 0 Å². The van der Waals surface area contributed by atoms with Gasteiger partial charge in [-0.2, -0.15) is 0 Å². The maximum Gasteiger partial charge on any atom is 0.226 e. The third kappa shape index (κ3) is 5.08. The molecule has 0 radical (unpaired) electrons. The molecular formula is C21H24N2O5S. The molecule has 0 spiro atoms. The SMILES string of the molecule is COc1ccc(Cc2cnc(NC(=O)CCc3ccc(C)o3)s2)c(OC)c1OC. The van der Waals surface area contributed by atoms with Gasteiger partial charge in [-0.1, -0.05) is 6.07 Å². The third-order valence-electron chi connectivity index (χ3n) is 4.34. The van der Waals surface area contributed by atoms with E-state index >= 15 is 0 Å². The van der Waals surface area contributed by atoms with Crippen molar-refractivity contribution in [3.8, 4) is 17.2 Å². The Morgan fingerprint density at radius 3 is 2.55 bits per heavy atom. The van der Waals surface area contributed by atoms with Crippen molar-refractivity contribution >= 4 is 22.4 Å². The molecule has 0 fully saturated rings. The van der Waals surface area contributed by atoms with Crippen molar-refractivity contribution in [2.75, 3.05) is 26.6 Å². The molecule has 0 aliphatic carbocycles. The number of ether oxygens (including phenoxy) is 3. The van der Waals surface area contributed by atoms with Crippen molar-refractivity contribution in [2.24, 2.45) is 0 Å². The summed E-state index contributed by atoms with van der Waals surface area (Å²) in [6.45, 7) is 1.88. The van der Waals surface area contributed by atoms with E-state index in [2.05, 4.69) is 10.3 Å². The van der Waals surface area contributed by atoms with Gasteiger partial charge >= 0.3 is 0 Å². The number of furan rings is 1. The minimum atomic E-state index is -0.0938. The molecule has 2 heterocycles. The Morgan fingerprint density at radius 2 is 1.90 bits per heavy atom. The first-order valence-electron chi connectivity index (χ1n) is 9.11. The molecule has 3 rings (SSSR count). The highest BCUT2D eigenvalue weighted by Crippen LogP contribution is 2.41. The topological polar surface area (TPSA) is 82.8 Å². The zero-order chi connectivity index (χ0) is 20.8. The van der Waals surface area contributed by atoms with Crippen molar-refractivity contribution in [1.82, 2.24) is 4.98 Å². The second-order valence-corrected chi connectivity index (χ2v) is 7.48. The number of rotatable bonds is 9. The number of thiazole rings is 1. The maximum absolute atomic E-state index is 12.2. The van der Waals surface area contributed by atoms with Crippen LogP contribution in [0.1, 0.15) is 28.4 Å². The fourth-order valence-electron chi connectivity index (χ4n) is 2.98. The van der Waals surface area contributed by atoms with E-state index in [-0.39, 0.29) is 5.91 Å². The number of anilines is 1. The molecule has 154 valence electrons. The van der Waals surface area contributed by atoms with Crippen LogP contribution >= 0.6 is 11.3 Å². The summed E-state index contributed by atoms with van der Waals surface area (Å²) in [5.74, 6) is 3.34. The summed E-state index contributed by atoms with van der Waals surface area (Å²) in [6, 6.07) is 7.56. The van der Waals surface area contributed by atoms with Crippen LogP contribution in [0.25, 0.3) is 0 Å². The van der Waals surface area contributed by atoms with Gasteiger partial charge in [0, 0.05) is 35.9 Å². The number of aryl methyl sites for hydroxylation is 2. The average molecular weight is 416 g/mol. The molecule has 2 aromatic heterocycles. The predicted octanol–water partition coefficient (Wildman–Crippen LogP) is 4.23. The number of benzene rings is 1. The van der Waals surface area contributed by atoms with Crippen LogP contribution in [0.15, 0.2) is 34.9 Å². The Balaban J connectivity index is 1.63. The fourth-order valence-corrected chi connectivity index (χ4v) is 3.83. The molecule has 0 aliphatic heterocycles. The first-order chi connectivity index (χ1) is 14.0. The second kappa shape index (κ2) is 9.47. The lowest BCUT2D eigenvalue weighted by Gasteiger charge is -2.15. The summed E-state index contributed by atoms with van der Waals surface area (Å²) in [5, 5.41) is 3.41. The molecule has 1 N–H and O–H groups in total. The van der Waals surface area contributed by atoms with Gasteiger partial charge in [0.2, 0.25) is 11.7 Å². The zero-order valence-electron chi connectivity index (χ0n) is 16.9. The number of aromatic nitrogens is 1. The monoisotopic (exact) mass is 416 g/mol. The number of carbonyl (C=O) groups excluding carboxylic acids is 1. The standard InChI is InChI=1S/C21H24N2O5S/c1-13-5-7-15(28-13)8-10-18(24)23-21-22-12-16(29-21)11-14-6-9-17(25-2)20(27-4)19(14)26-3/h5-7,9,12H,8,10-11H2,1-4H3,(H,22,23,24). The van der Waals surface area contributed by atoms with E-state index in [1.54, 1.807) is 27.5 Å². The minimum absolute atomic E-state index is 0.0938. The normalized spacial score (nSPS) is 10.6. The van der Waals surface area contributed by atoms with Gasteiger partial charge in [-0.15, -0.1) is 11.3 Å². The number of nitrogens with zero attached hydrogens (tertiary/aromatic N) is 1. The Bertz CT molecular complexity index is 979. The average Bonchev–Trinajstić information content (AvgIpc) is 3.34. The quantitative estimate of drug-likeness (QED) is 0.562. The number of methoxy groups -OCH3 is 3. The largest absolute Gasteiger partial charge is 0.493 e. The molecule has 29 heavy (non-hydrogen) atoms. The van der Waals surface area contributed by atoms with E-state index in [4.69, 9.17) is 18.6 Å². The van der Waals surface area contributed by atoms with Crippen molar-refractivity contribution in [3.05, 3.63) is 52.4 Å². The molecule has 3 aromatic rings. The molecule has 1 amide bonds. The van der Waals surface area contributed by atoms with E-state index in [0.717, 1.165) is 22.0 Å². The molecule has 0 atom stereocenters. The highest BCUT2D eigenvalue weighted by atomic mass is 32.1. The van der Waals surface area contributed by atoms with Gasteiger partial charge in [0.15, 0.2) is 16.6 Å². The Hall–Kier alpha value is -3.00. The van der Waals surface area contributed by atoms with E-state index in [0.29, 0.717) is 41.6 Å². The smallest absolute Gasteiger partial charge is 0.226 e. The van der Waals surface area contributed by atoms with E-state index in [9.17, 15) is 4.79 Å². The molecule has 0 saturated heterocycles. The van der Waals surface area contributed by atoms with Gasteiger partial charge < -0.3 is 23.9 Å². The summed E-state index contributed by atoms with van der Waals surface area (Å²) in [4.78, 5) is 17.5. The predicted molar refractivity (Wildman–Crippen MR) is 111 cm³/mol. The lowest BCUT2D eigenvalue weighted by Crippen LogP contribution is -2.11. The van der Waals surface area contributed by atoms with Crippen molar-refractivity contribution in [3.63, 3.8) is 0 Å². The summed E-state index contributed by atoms with van der Waals surface area (Å²) in [5.41, 5.74) is 0.944. The molecule has 8 heteroatoms. The molecule has 0 unspecified atom stereocenters. The second-order valence-electron chi connectivity index (χ2n) is 6.36. The van der Waals surface area contributed by atoms with Crippen LogP contribution in [0.5, 0.6) is 17.2 Å². The van der Waals surface area contributed by atoms with Gasteiger partial charge in [0.05, 0.1) is 21.3 Å². The van der Waals surface area contributed by atoms with Crippen molar-refractivity contribution < 1.29 is 23.4 Å². The van der Waals surface area contributed by atoms with E-state index in [1.807, 2.05) is 31.2 Å². The molecular weight excluding hydrogens is 392 g/mol. The summed E-state index contributed by atoms with van der Waals surface area (Å²) in [7, 11) is 4.76. The van der Waals surface area contributed by atoms with Crippen molar-refractivity contribution in [1.29, 1.82) is 0 Å². The Labute approximate surface area is 173 Å². The van der Waals surface area contributed by atoms with E-state index < -0.39 is 0 Å². The molecule has 0 aliphatic rings. The number of hydrogen-bond acceptors (Lipinski definition) is 7. The number of amides is 1. The summed E-state index contributed by atoms with van der Waals surface area (Å²) in [6.07, 6.45) is 3.25. The minimum Gasteiger partial charge on any atom is -0.493 e. The van der Waals surface area contributed by atoms with Gasteiger partial charge in [0.1, 0.15) is 11.5 Å². The lowest BCUT2D eigenvalue weighted by molar-refractivity contribution is -0.116. The molecule has 1 aromatic carbocycles. The Kier molecular flexibility index (Phi) is 6.77. The van der Waals surface area contributed by atoms with Crippen LogP contribution < -0.4 is 19.5 Å². The van der Waals surface area contributed by atoms with Gasteiger partial charge in [-0.05, 0) is 25.1 Å². The van der Waals surface area contributed by atoms with Crippen LogP contribution in [0, 0.1) is 6.92 Å². The van der Waals surface area contributed by atoms with Crippen LogP contribution in [-0.2, 0) is 17.6 Å². The maximum atomic E-state index is 12.2. The van der Waals surface area contributed by atoms with Gasteiger partial charge in [-0.3, -0.25) is 4.79 Å². The zero-order valence-corrected chi connectivity index (χ0v) is 17.7.